The number of hydrogen-bond donors (Lipinski definition) is 2. The van der Waals surface area contributed by atoms with Crippen LogP contribution in [-0.2, 0) is 4.79 Å². The maximum atomic E-state index is 10.6. The summed E-state index contributed by atoms with van der Waals surface area (Å²) in [4.78, 5) is 12.7. The summed E-state index contributed by atoms with van der Waals surface area (Å²) in [5.74, 6) is -0.629. The maximum absolute atomic E-state index is 10.6. The number of nitrogens with zero attached hydrogens (tertiary/aromatic N) is 1. The van der Waals surface area contributed by atoms with Gasteiger partial charge in [0.15, 0.2) is 0 Å². The van der Waals surface area contributed by atoms with E-state index in [1.165, 1.54) is 0 Å². The fraction of sp³-hybridized carbons (Fsp3) is 0.900. The highest BCUT2D eigenvalue weighted by molar-refractivity contribution is 5.78. The molecule has 1 aliphatic rings. The molecule has 0 aromatic heterocycles. The summed E-state index contributed by atoms with van der Waals surface area (Å²) in [5, 5.41) is 9.26. The van der Waals surface area contributed by atoms with Gasteiger partial charge < -0.3 is 10.8 Å². The Balaban J connectivity index is 2.30. The number of aliphatic hydroxyl groups is 1. The number of β-amino-alcohol motifs (C(OH)–C–C–N with tert-alkyl or cyclic N) is 1. The van der Waals surface area contributed by atoms with E-state index in [-0.39, 0.29) is 0 Å². The Labute approximate surface area is 85.1 Å². The summed E-state index contributed by atoms with van der Waals surface area (Å²) in [5.41, 5.74) is 5.39. The van der Waals surface area contributed by atoms with Gasteiger partial charge in [-0.1, -0.05) is 13.8 Å². The van der Waals surface area contributed by atoms with E-state index in [2.05, 4.69) is 18.7 Å². The second kappa shape index (κ2) is 4.28. The Bertz CT molecular complexity index is 206. The first-order valence-electron chi connectivity index (χ1n) is 5.23. The van der Waals surface area contributed by atoms with Crippen LogP contribution >= 0.6 is 0 Å². The van der Waals surface area contributed by atoms with Crippen LogP contribution in [-0.4, -0.2) is 41.7 Å². The van der Waals surface area contributed by atoms with Gasteiger partial charge in [0, 0.05) is 19.6 Å². The molecule has 82 valence electrons. The molecule has 0 aliphatic carbocycles. The van der Waals surface area contributed by atoms with Gasteiger partial charge in [0.25, 0.3) is 0 Å². The number of nitrogens with two attached hydrogens (primary N) is 1. The Kier molecular flexibility index (Phi) is 3.50. The van der Waals surface area contributed by atoms with Crippen molar-refractivity contribution in [2.75, 3.05) is 19.6 Å². The summed E-state index contributed by atoms with van der Waals surface area (Å²) in [6.45, 7) is 6.71. The summed E-state index contributed by atoms with van der Waals surface area (Å²) < 4.78 is 0. The van der Waals surface area contributed by atoms with E-state index in [0.29, 0.717) is 12.0 Å². The molecule has 0 radical (unpaired) electrons. The van der Waals surface area contributed by atoms with Gasteiger partial charge in [-0.3, -0.25) is 9.69 Å². The van der Waals surface area contributed by atoms with Crippen molar-refractivity contribution in [3.8, 4) is 0 Å². The largest absolute Gasteiger partial charge is 0.382 e. The van der Waals surface area contributed by atoms with Crippen LogP contribution in [0.2, 0.25) is 0 Å². The standard InChI is InChI=1S/C10H20N2O2/c1-3-10(4-2)6-12(7-10)5-8(13)9(11)14/h8,13H,3-7H2,1-2H3,(H2,11,14). The van der Waals surface area contributed by atoms with E-state index in [0.717, 1.165) is 25.9 Å². The van der Waals surface area contributed by atoms with Crippen molar-refractivity contribution in [3.05, 3.63) is 0 Å². The molecule has 1 rings (SSSR count). The lowest BCUT2D eigenvalue weighted by molar-refractivity contribution is -0.129. The van der Waals surface area contributed by atoms with Crippen molar-refractivity contribution < 1.29 is 9.90 Å². The van der Waals surface area contributed by atoms with Crippen molar-refractivity contribution in [2.45, 2.75) is 32.8 Å². The third-order valence-electron chi connectivity index (χ3n) is 3.38. The van der Waals surface area contributed by atoms with Crippen LogP contribution in [0.3, 0.4) is 0 Å². The van der Waals surface area contributed by atoms with E-state index in [1.54, 1.807) is 0 Å². The maximum Gasteiger partial charge on any atom is 0.247 e. The van der Waals surface area contributed by atoms with Crippen LogP contribution in [0.15, 0.2) is 0 Å². The molecule has 1 unspecified atom stereocenters. The average molecular weight is 200 g/mol. The molecular weight excluding hydrogens is 180 g/mol. The lowest BCUT2D eigenvalue weighted by Crippen LogP contribution is -2.58. The van der Waals surface area contributed by atoms with Crippen molar-refractivity contribution in [1.29, 1.82) is 0 Å². The first-order valence-corrected chi connectivity index (χ1v) is 5.23. The van der Waals surface area contributed by atoms with Crippen LogP contribution in [0.5, 0.6) is 0 Å². The Morgan fingerprint density at radius 2 is 2.00 bits per heavy atom. The predicted molar refractivity (Wildman–Crippen MR) is 54.7 cm³/mol. The topological polar surface area (TPSA) is 66.6 Å². The first-order chi connectivity index (χ1) is 6.53. The number of hydrogen-bond acceptors (Lipinski definition) is 3. The SMILES string of the molecule is CCC1(CC)CN(CC(O)C(N)=O)C1. The molecule has 1 aliphatic heterocycles. The Morgan fingerprint density at radius 3 is 2.36 bits per heavy atom. The van der Waals surface area contributed by atoms with Gasteiger partial charge in [-0.2, -0.15) is 0 Å². The van der Waals surface area contributed by atoms with Crippen LogP contribution in [0.4, 0.5) is 0 Å². The quantitative estimate of drug-likeness (QED) is 0.654. The molecule has 0 saturated carbocycles. The summed E-state index contributed by atoms with van der Waals surface area (Å²) in [6.07, 6.45) is 1.31. The molecule has 0 aromatic carbocycles. The molecule has 1 saturated heterocycles. The second-order valence-electron chi connectivity index (χ2n) is 4.29. The number of aliphatic hydroxyl groups excluding tert-OH is 1. The van der Waals surface area contributed by atoms with E-state index in [9.17, 15) is 9.90 Å². The van der Waals surface area contributed by atoms with E-state index < -0.39 is 12.0 Å². The minimum atomic E-state index is -1.01. The van der Waals surface area contributed by atoms with E-state index in [4.69, 9.17) is 5.73 Å². The number of amides is 1. The minimum absolute atomic E-state index is 0.386. The predicted octanol–water partition coefficient (Wildman–Crippen LogP) is -0.0454. The average Bonchev–Trinajstić information content (AvgIpc) is 2.10. The number of carbonyl (C=O) groups excluding carboxylic acids is 1. The fourth-order valence-electron chi connectivity index (χ4n) is 2.06. The summed E-state index contributed by atoms with van der Waals surface area (Å²) >= 11 is 0. The highest BCUT2D eigenvalue weighted by Gasteiger charge is 2.40. The molecule has 0 spiro atoms. The van der Waals surface area contributed by atoms with Crippen molar-refractivity contribution in [1.82, 2.24) is 4.90 Å². The van der Waals surface area contributed by atoms with Gasteiger partial charge in [0.1, 0.15) is 6.10 Å². The molecule has 1 atom stereocenters. The normalized spacial score (nSPS) is 22.8. The molecule has 1 heterocycles. The summed E-state index contributed by atoms with van der Waals surface area (Å²) in [7, 11) is 0. The molecule has 4 heteroatoms. The molecule has 0 bridgehead atoms. The molecular formula is C10H20N2O2. The smallest absolute Gasteiger partial charge is 0.247 e. The van der Waals surface area contributed by atoms with Crippen molar-refractivity contribution >= 4 is 5.91 Å². The third kappa shape index (κ3) is 2.25. The van der Waals surface area contributed by atoms with E-state index in [1.807, 2.05) is 0 Å². The zero-order valence-corrected chi connectivity index (χ0v) is 8.99. The van der Waals surface area contributed by atoms with Gasteiger partial charge in [-0.05, 0) is 18.3 Å². The van der Waals surface area contributed by atoms with Crippen LogP contribution < -0.4 is 5.73 Å². The molecule has 1 amide bonds. The second-order valence-corrected chi connectivity index (χ2v) is 4.29. The number of rotatable bonds is 5. The third-order valence-corrected chi connectivity index (χ3v) is 3.38. The van der Waals surface area contributed by atoms with Gasteiger partial charge in [-0.15, -0.1) is 0 Å². The molecule has 14 heavy (non-hydrogen) atoms. The highest BCUT2D eigenvalue weighted by atomic mass is 16.3. The number of primary amides is 1. The molecule has 3 N–H and O–H groups in total. The van der Waals surface area contributed by atoms with Gasteiger partial charge >= 0.3 is 0 Å². The Morgan fingerprint density at radius 1 is 1.50 bits per heavy atom. The minimum Gasteiger partial charge on any atom is -0.382 e. The zero-order valence-electron chi connectivity index (χ0n) is 8.99. The molecule has 4 nitrogen and oxygen atoms in total. The van der Waals surface area contributed by atoms with Gasteiger partial charge in [-0.25, -0.2) is 0 Å². The zero-order chi connectivity index (χ0) is 10.8. The lowest BCUT2D eigenvalue weighted by Gasteiger charge is -2.50. The number of likely N-dealkylation sites (tertiary alicyclic amines) is 1. The van der Waals surface area contributed by atoms with Crippen LogP contribution in [0.25, 0.3) is 0 Å². The summed E-state index contributed by atoms with van der Waals surface area (Å²) in [6, 6.07) is 0. The van der Waals surface area contributed by atoms with Gasteiger partial charge in [0.05, 0.1) is 0 Å². The monoisotopic (exact) mass is 200 g/mol. The van der Waals surface area contributed by atoms with Crippen LogP contribution in [0, 0.1) is 5.41 Å². The number of carbonyl (C=O) groups is 1. The van der Waals surface area contributed by atoms with Crippen molar-refractivity contribution in [3.63, 3.8) is 0 Å². The fourth-order valence-corrected chi connectivity index (χ4v) is 2.06. The van der Waals surface area contributed by atoms with Crippen molar-refractivity contribution in [2.24, 2.45) is 11.1 Å². The van der Waals surface area contributed by atoms with Gasteiger partial charge in [0.2, 0.25) is 5.91 Å². The lowest BCUT2D eigenvalue weighted by atomic mass is 9.75. The first kappa shape index (κ1) is 11.5. The molecule has 1 fully saturated rings. The molecule has 0 aromatic rings. The Hall–Kier alpha value is -0.610. The highest BCUT2D eigenvalue weighted by Crippen LogP contribution is 2.36. The van der Waals surface area contributed by atoms with E-state index >= 15 is 0 Å². The van der Waals surface area contributed by atoms with Crippen LogP contribution in [0.1, 0.15) is 26.7 Å².